The van der Waals surface area contributed by atoms with Crippen molar-refractivity contribution < 1.29 is 14.0 Å². The van der Waals surface area contributed by atoms with Gasteiger partial charge in [0, 0.05) is 20.1 Å². The van der Waals surface area contributed by atoms with Crippen molar-refractivity contribution in [2.45, 2.75) is 19.4 Å². The van der Waals surface area contributed by atoms with E-state index in [1.54, 1.807) is 18.0 Å². The predicted molar refractivity (Wildman–Crippen MR) is 76.8 cm³/mol. The van der Waals surface area contributed by atoms with Gasteiger partial charge in [0.05, 0.1) is 12.5 Å². The molecule has 1 aliphatic rings. The van der Waals surface area contributed by atoms with E-state index in [0.717, 1.165) is 18.6 Å². The minimum absolute atomic E-state index is 0.0171. The molecule has 1 aromatic heterocycles. The summed E-state index contributed by atoms with van der Waals surface area (Å²) in [5.41, 5.74) is 5.27. The normalized spacial score (nSPS) is 18.9. The Kier molecular flexibility index (Phi) is 4.69. The average Bonchev–Trinajstić information content (AvgIpc) is 2.83. The molecule has 1 atom stereocenters. The van der Waals surface area contributed by atoms with Gasteiger partial charge >= 0.3 is 6.03 Å². The maximum absolute atomic E-state index is 12.4. The number of halogens is 1. The number of nitrogens with zero attached hydrogens (tertiary/aromatic N) is 2. The van der Waals surface area contributed by atoms with Crippen LogP contribution in [-0.4, -0.2) is 41.9 Å². The molecule has 1 aromatic rings. The molecular weight excluding hydrogens is 326 g/mol. The summed E-state index contributed by atoms with van der Waals surface area (Å²) >= 11 is 3.23. The van der Waals surface area contributed by atoms with Crippen molar-refractivity contribution in [3.05, 3.63) is 22.6 Å². The molecule has 1 fully saturated rings. The van der Waals surface area contributed by atoms with Gasteiger partial charge in [-0.05, 0) is 40.9 Å². The van der Waals surface area contributed by atoms with Crippen LogP contribution in [0, 0.1) is 5.92 Å². The molecule has 0 spiro atoms. The molecule has 110 valence electrons. The van der Waals surface area contributed by atoms with Gasteiger partial charge in [0.1, 0.15) is 5.76 Å². The smallest absolute Gasteiger partial charge is 0.314 e. The number of piperidine rings is 1. The maximum atomic E-state index is 12.4. The summed E-state index contributed by atoms with van der Waals surface area (Å²) in [6.07, 6.45) is 1.59. The molecule has 0 bridgehead atoms. The number of hydrogen-bond acceptors (Lipinski definition) is 3. The van der Waals surface area contributed by atoms with Crippen LogP contribution in [0.2, 0.25) is 0 Å². The lowest BCUT2D eigenvalue weighted by Crippen LogP contribution is -2.47. The molecule has 0 radical (unpaired) electrons. The van der Waals surface area contributed by atoms with Gasteiger partial charge in [-0.25, -0.2) is 4.79 Å². The van der Waals surface area contributed by atoms with Crippen molar-refractivity contribution in [2.24, 2.45) is 11.7 Å². The highest BCUT2D eigenvalue weighted by Gasteiger charge is 2.29. The van der Waals surface area contributed by atoms with Gasteiger partial charge in [0.15, 0.2) is 4.67 Å². The summed E-state index contributed by atoms with van der Waals surface area (Å²) in [7, 11) is 1.74. The Morgan fingerprint density at radius 3 is 2.90 bits per heavy atom. The number of furan rings is 1. The molecule has 2 rings (SSSR count). The van der Waals surface area contributed by atoms with Crippen LogP contribution in [0.5, 0.6) is 0 Å². The van der Waals surface area contributed by atoms with Crippen LogP contribution in [0.25, 0.3) is 0 Å². The fourth-order valence-corrected chi connectivity index (χ4v) is 2.78. The summed E-state index contributed by atoms with van der Waals surface area (Å²) in [5.74, 6) is 0.554. The van der Waals surface area contributed by atoms with Gasteiger partial charge in [0.2, 0.25) is 5.91 Å². The SMILES string of the molecule is CN(Cc1ccc(Br)o1)C(=O)[C@H]1CCCN(C(N)=O)C1. The van der Waals surface area contributed by atoms with Gasteiger partial charge in [-0.15, -0.1) is 0 Å². The van der Waals surface area contributed by atoms with Crippen LogP contribution in [0.3, 0.4) is 0 Å². The van der Waals surface area contributed by atoms with Gasteiger partial charge in [-0.3, -0.25) is 4.79 Å². The third kappa shape index (κ3) is 3.53. The third-order valence-electron chi connectivity index (χ3n) is 3.48. The van der Waals surface area contributed by atoms with E-state index in [1.807, 2.05) is 6.07 Å². The van der Waals surface area contributed by atoms with Crippen LogP contribution in [0.4, 0.5) is 4.79 Å². The van der Waals surface area contributed by atoms with Crippen molar-refractivity contribution >= 4 is 27.9 Å². The van der Waals surface area contributed by atoms with E-state index in [4.69, 9.17) is 10.2 Å². The Bertz CT molecular complexity index is 503. The average molecular weight is 344 g/mol. The van der Waals surface area contributed by atoms with Crippen LogP contribution in [0.15, 0.2) is 21.2 Å². The Morgan fingerprint density at radius 2 is 2.30 bits per heavy atom. The summed E-state index contributed by atoms with van der Waals surface area (Å²) in [6.45, 7) is 1.45. The van der Waals surface area contributed by atoms with Gasteiger partial charge < -0.3 is 20.0 Å². The second-order valence-electron chi connectivity index (χ2n) is 5.02. The molecule has 2 heterocycles. The van der Waals surface area contributed by atoms with Crippen molar-refractivity contribution in [2.75, 3.05) is 20.1 Å². The van der Waals surface area contributed by atoms with Gasteiger partial charge in [0.25, 0.3) is 0 Å². The fourth-order valence-electron chi connectivity index (χ4n) is 2.44. The largest absolute Gasteiger partial charge is 0.452 e. The quantitative estimate of drug-likeness (QED) is 0.908. The van der Waals surface area contributed by atoms with Crippen LogP contribution < -0.4 is 5.73 Å². The van der Waals surface area contributed by atoms with Crippen molar-refractivity contribution in [1.29, 1.82) is 0 Å². The van der Waals surface area contributed by atoms with E-state index in [2.05, 4.69) is 15.9 Å². The lowest BCUT2D eigenvalue weighted by Gasteiger charge is -2.32. The number of carbonyl (C=O) groups is 2. The fraction of sp³-hybridized carbons (Fsp3) is 0.538. The molecule has 0 aromatic carbocycles. The predicted octanol–water partition coefficient (Wildman–Crippen LogP) is 1.79. The van der Waals surface area contributed by atoms with E-state index in [0.29, 0.717) is 24.3 Å². The third-order valence-corrected chi connectivity index (χ3v) is 3.91. The Morgan fingerprint density at radius 1 is 1.55 bits per heavy atom. The lowest BCUT2D eigenvalue weighted by molar-refractivity contribution is -0.136. The number of likely N-dealkylation sites (tertiary alicyclic amines) is 1. The zero-order valence-electron chi connectivity index (χ0n) is 11.3. The first-order chi connectivity index (χ1) is 9.47. The molecule has 0 saturated carbocycles. The molecule has 0 aliphatic carbocycles. The summed E-state index contributed by atoms with van der Waals surface area (Å²) in [5, 5.41) is 0. The first-order valence-corrected chi connectivity index (χ1v) is 7.30. The monoisotopic (exact) mass is 343 g/mol. The van der Waals surface area contributed by atoms with E-state index in [-0.39, 0.29) is 11.8 Å². The molecule has 0 unspecified atom stereocenters. The molecule has 3 amide bonds. The number of rotatable bonds is 3. The Hall–Kier alpha value is -1.50. The lowest BCUT2D eigenvalue weighted by atomic mass is 9.97. The van der Waals surface area contributed by atoms with E-state index in [9.17, 15) is 9.59 Å². The van der Waals surface area contributed by atoms with Crippen LogP contribution in [-0.2, 0) is 11.3 Å². The first-order valence-electron chi connectivity index (χ1n) is 6.51. The summed E-state index contributed by atoms with van der Waals surface area (Å²) in [6, 6.07) is 3.16. The highest BCUT2D eigenvalue weighted by Crippen LogP contribution is 2.20. The van der Waals surface area contributed by atoms with E-state index in [1.165, 1.54) is 4.90 Å². The topological polar surface area (TPSA) is 79.8 Å². The van der Waals surface area contributed by atoms with Gasteiger partial charge in [-0.1, -0.05) is 0 Å². The number of nitrogens with two attached hydrogens (primary N) is 1. The van der Waals surface area contributed by atoms with Gasteiger partial charge in [-0.2, -0.15) is 0 Å². The standard InChI is InChI=1S/C13H18BrN3O3/c1-16(8-10-4-5-11(14)20-10)12(18)9-3-2-6-17(7-9)13(15)19/h4-5,9H,2-3,6-8H2,1H3,(H2,15,19)/t9-/m0/s1. The number of amides is 3. The summed E-state index contributed by atoms with van der Waals surface area (Å²) in [4.78, 5) is 26.7. The number of hydrogen-bond donors (Lipinski definition) is 1. The number of urea groups is 1. The maximum Gasteiger partial charge on any atom is 0.314 e. The highest BCUT2D eigenvalue weighted by molar-refractivity contribution is 9.10. The van der Waals surface area contributed by atoms with Crippen molar-refractivity contribution in [1.82, 2.24) is 9.80 Å². The zero-order valence-corrected chi connectivity index (χ0v) is 12.9. The molecule has 6 nitrogen and oxygen atoms in total. The van der Waals surface area contributed by atoms with Crippen LogP contribution >= 0.6 is 15.9 Å². The summed E-state index contributed by atoms with van der Waals surface area (Å²) < 4.78 is 6.03. The van der Waals surface area contributed by atoms with E-state index < -0.39 is 6.03 Å². The Balaban J connectivity index is 1.94. The minimum atomic E-state index is -0.458. The molecular formula is C13H18BrN3O3. The minimum Gasteiger partial charge on any atom is -0.452 e. The van der Waals surface area contributed by atoms with E-state index >= 15 is 0 Å². The van der Waals surface area contributed by atoms with Crippen molar-refractivity contribution in [3.8, 4) is 0 Å². The molecule has 2 N–H and O–H groups in total. The van der Waals surface area contributed by atoms with Crippen molar-refractivity contribution in [3.63, 3.8) is 0 Å². The highest BCUT2D eigenvalue weighted by atomic mass is 79.9. The number of primary amides is 1. The first kappa shape index (κ1) is 14.9. The molecule has 1 aliphatic heterocycles. The second-order valence-corrected chi connectivity index (χ2v) is 5.81. The second kappa shape index (κ2) is 6.30. The van der Waals surface area contributed by atoms with Crippen LogP contribution in [0.1, 0.15) is 18.6 Å². The molecule has 7 heteroatoms. The molecule has 1 saturated heterocycles. The zero-order chi connectivity index (χ0) is 14.7. The number of carbonyl (C=O) groups excluding carboxylic acids is 2. The molecule has 20 heavy (non-hydrogen) atoms. The Labute approximate surface area is 126 Å².